The van der Waals surface area contributed by atoms with E-state index in [1.54, 1.807) is 24.8 Å². The normalized spacial score (nSPS) is 17.4. The number of carboxylic acids is 2. The number of likely N-dealkylation sites (tertiary alicyclic amines) is 1. The van der Waals surface area contributed by atoms with Gasteiger partial charge in [0.05, 0.1) is 22.0 Å². The Balaban J connectivity index is 1.28. The molecule has 3 aromatic carbocycles. The number of allylic oxidation sites excluding steroid dienone is 2. The van der Waals surface area contributed by atoms with Crippen LogP contribution in [-0.2, 0) is 15.0 Å². The van der Waals surface area contributed by atoms with Crippen LogP contribution in [0.25, 0.3) is 0 Å². The molecule has 0 aromatic heterocycles. The summed E-state index contributed by atoms with van der Waals surface area (Å²) in [5, 5.41) is 31.9. The summed E-state index contributed by atoms with van der Waals surface area (Å²) in [5.41, 5.74) is 3.47. The number of carbonyl (C=O) groups is 2. The van der Waals surface area contributed by atoms with Crippen LogP contribution < -0.4 is 0 Å². The minimum atomic E-state index is -1.24. The van der Waals surface area contributed by atoms with E-state index >= 15 is 0 Å². The SMILES string of the molecule is CC1=C(C(=O)O)C(c2cccc([N+](=O)[O-])c2)C(C(=O)O)=C(C)N1CCCCN1CCC(c2ccccc2)(c2ccccc2)CC1. The van der Waals surface area contributed by atoms with Crippen molar-refractivity contribution < 1.29 is 24.7 Å². The number of aliphatic carboxylic acids is 2. The molecular formula is C36H39N3O6. The minimum Gasteiger partial charge on any atom is -0.478 e. The summed E-state index contributed by atoms with van der Waals surface area (Å²) in [6.07, 6.45) is 3.65. The average Bonchev–Trinajstić information content (AvgIpc) is 3.04. The molecule has 1 fully saturated rings. The van der Waals surface area contributed by atoms with Crippen molar-refractivity contribution in [2.75, 3.05) is 26.2 Å². The van der Waals surface area contributed by atoms with Gasteiger partial charge in [-0.25, -0.2) is 9.59 Å². The number of non-ortho nitro benzene ring substituents is 1. The van der Waals surface area contributed by atoms with Gasteiger partial charge in [0.15, 0.2) is 0 Å². The molecule has 234 valence electrons. The van der Waals surface area contributed by atoms with Crippen molar-refractivity contribution >= 4 is 17.6 Å². The lowest BCUT2D eigenvalue weighted by atomic mass is 9.68. The summed E-state index contributed by atoms with van der Waals surface area (Å²) in [6, 6.07) is 27.0. The Morgan fingerprint density at radius 1 is 0.800 bits per heavy atom. The smallest absolute Gasteiger partial charge is 0.334 e. The third-order valence-electron chi connectivity index (χ3n) is 9.51. The largest absolute Gasteiger partial charge is 0.478 e. The van der Waals surface area contributed by atoms with Crippen LogP contribution >= 0.6 is 0 Å². The molecule has 0 unspecified atom stereocenters. The highest BCUT2D eigenvalue weighted by molar-refractivity contribution is 5.98. The maximum atomic E-state index is 12.5. The predicted octanol–water partition coefficient (Wildman–Crippen LogP) is 6.57. The van der Waals surface area contributed by atoms with Crippen molar-refractivity contribution in [2.24, 2.45) is 0 Å². The van der Waals surface area contributed by atoms with Gasteiger partial charge in [0, 0.05) is 35.5 Å². The Morgan fingerprint density at radius 2 is 1.31 bits per heavy atom. The van der Waals surface area contributed by atoms with Crippen LogP contribution in [-0.4, -0.2) is 63.1 Å². The molecule has 0 saturated carbocycles. The zero-order valence-electron chi connectivity index (χ0n) is 25.7. The first-order valence-electron chi connectivity index (χ1n) is 15.4. The highest BCUT2D eigenvalue weighted by atomic mass is 16.6. The Kier molecular flexibility index (Phi) is 9.48. The summed E-state index contributed by atoms with van der Waals surface area (Å²) < 4.78 is 0. The van der Waals surface area contributed by atoms with Gasteiger partial charge in [0.2, 0.25) is 0 Å². The van der Waals surface area contributed by atoms with Gasteiger partial charge in [0.1, 0.15) is 0 Å². The second-order valence-corrected chi connectivity index (χ2v) is 11.9. The van der Waals surface area contributed by atoms with E-state index in [0.29, 0.717) is 17.9 Å². The molecular weight excluding hydrogens is 570 g/mol. The van der Waals surface area contributed by atoms with Gasteiger partial charge < -0.3 is 20.0 Å². The van der Waals surface area contributed by atoms with Crippen LogP contribution in [0.1, 0.15) is 62.1 Å². The molecule has 0 atom stereocenters. The monoisotopic (exact) mass is 609 g/mol. The van der Waals surface area contributed by atoms with Crippen LogP contribution in [0.3, 0.4) is 0 Å². The summed E-state index contributed by atoms with van der Waals surface area (Å²) in [4.78, 5) is 40.2. The van der Waals surface area contributed by atoms with Gasteiger partial charge in [-0.1, -0.05) is 72.8 Å². The minimum absolute atomic E-state index is 0.0210. The molecule has 0 amide bonds. The fraction of sp³-hybridized carbons (Fsp3) is 0.333. The molecule has 2 N–H and O–H groups in total. The van der Waals surface area contributed by atoms with E-state index in [0.717, 1.165) is 45.3 Å². The van der Waals surface area contributed by atoms with Gasteiger partial charge in [-0.2, -0.15) is 0 Å². The zero-order chi connectivity index (χ0) is 32.1. The van der Waals surface area contributed by atoms with E-state index in [2.05, 4.69) is 65.6 Å². The standard InChI is InChI=1S/C36H39N3O6/c1-25-31(34(40)41)33(27-12-11-17-30(24-27)39(44)45)32(35(42)43)26(2)38(25)21-10-9-20-37-22-18-36(19-23-37,28-13-5-3-6-14-28)29-15-7-4-8-16-29/h3-8,11-17,24,33H,9-10,18-23H2,1-2H3,(H,40,41)(H,42,43). The molecule has 0 bridgehead atoms. The van der Waals surface area contributed by atoms with Crippen LogP contribution in [0, 0.1) is 10.1 Å². The van der Waals surface area contributed by atoms with Crippen molar-refractivity contribution in [3.63, 3.8) is 0 Å². The quantitative estimate of drug-likeness (QED) is 0.142. The number of nitrogens with zero attached hydrogens (tertiary/aromatic N) is 3. The molecule has 45 heavy (non-hydrogen) atoms. The highest BCUT2D eigenvalue weighted by Crippen LogP contribution is 2.44. The third kappa shape index (κ3) is 6.40. The van der Waals surface area contributed by atoms with Gasteiger partial charge in [0.25, 0.3) is 5.69 Å². The fourth-order valence-electron chi connectivity index (χ4n) is 7.17. The average molecular weight is 610 g/mol. The first kappa shape index (κ1) is 31.7. The highest BCUT2D eigenvalue weighted by Gasteiger charge is 2.40. The lowest BCUT2D eigenvalue weighted by Crippen LogP contribution is -2.43. The van der Waals surface area contributed by atoms with E-state index in [4.69, 9.17) is 0 Å². The molecule has 2 aliphatic heterocycles. The molecule has 2 aliphatic rings. The summed E-state index contributed by atoms with van der Waals surface area (Å²) in [7, 11) is 0. The fourth-order valence-corrected chi connectivity index (χ4v) is 7.17. The Morgan fingerprint density at radius 3 is 1.80 bits per heavy atom. The molecule has 1 saturated heterocycles. The van der Waals surface area contributed by atoms with Crippen molar-refractivity contribution in [1.82, 2.24) is 9.80 Å². The summed E-state index contributed by atoms with van der Waals surface area (Å²) >= 11 is 0. The van der Waals surface area contributed by atoms with Gasteiger partial charge in [-0.05, 0) is 75.9 Å². The first-order chi connectivity index (χ1) is 21.6. The van der Waals surface area contributed by atoms with Crippen LogP contribution in [0.2, 0.25) is 0 Å². The molecule has 0 aliphatic carbocycles. The zero-order valence-corrected chi connectivity index (χ0v) is 25.7. The molecule has 0 spiro atoms. The number of hydrogen-bond donors (Lipinski definition) is 2. The topological polar surface area (TPSA) is 124 Å². The number of nitro groups is 1. The number of benzene rings is 3. The van der Waals surface area contributed by atoms with Crippen molar-refractivity contribution in [3.8, 4) is 0 Å². The number of piperidine rings is 1. The van der Waals surface area contributed by atoms with E-state index < -0.39 is 22.8 Å². The molecule has 3 aromatic rings. The predicted molar refractivity (Wildman–Crippen MR) is 172 cm³/mol. The Labute approximate surface area is 263 Å². The van der Waals surface area contributed by atoms with Gasteiger partial charge in [-0.15, -0.1) is 0 Å². The number of nitro benzene ring substituents is 1. The van der Waals surface area contributed by atoms with E-state index in [1.165, 1.54) is 29.3 Å². The maximum Gasteiger partial charge on any atom is 0.334 e. The molecule has 9 nitrogen and oxygen atoms in total. The maximum absolute atomic E-state index is 12.5. The van der Waals surface area contributed by atoms with E-state index in [9.17, 15) is 29.9 Å². The second kappa shape index (κ2) is 13.5. The molecule has 9 heteroatoms. The van der Waals surface area contributed by atoms with Crippen molar-refractivity contribution in [1.29, 1.82) is 0 Å². The summed E-state index contributed by atoms with van der Waals surface area (Å²) in [5.74, 6) is -3.61. The number of hydrogen-bond acceptors (Lipinski definition) is 6. The first-order valence-corrected chi connectivity index (χ1v) is 15.4. The second-order valence-electron chi connectivity index (χ2n) is 11.9. The van der Waals surface area contributed by atoms with E-state index in [1.807, 2.05) is 0 Å². The molecule has 2 heterocycles. The van der Waals surface area contributed by atoms with E-state index in [-0.39, 0.29) is 27.8 Å². The Hall–Kier alpha value is -4.76. The van der Waals surface area contributed by atoms with Crippen LogP contribution in [0.5, 0.6) is 0 Å². The molecule has 5 rings (SSSR count). The van der Waals surface area contributed by atoms with Crippen LogP contribution in [0.15, 0.2) is 107 Å². The number of unbranched alkanes of at least 4 members (excludes halogenated alkanes) is 1. The van der Waals surface area contributed by atoms with Crippen LogP contribution in [0.4, 0.5) is 5.69 Å². The lowest BCUT2D eigenvalue weighted by molar-refractivity contribution is -0.384. The summed E-state index contributed by atoms with van der Waals surface area (Å²) in [6.45, 7) is 6.66. The van der Waals surface area contributed by atoms with Crippen molar-refractivity contribution in [2.45, 2.75) is 50.9 Å². The number of carboxylic acid groups (broad SMARTS) is 2. The Bertz CT molecular complexity index is 1550. The van der Waals surface area contributed by atoms with Crippen molar-refractivity contribution in [3.05, 3.63) is 134 Å². The lowest BCUT2D eigenvalue weighted by Gasteiger charge is -2.43. The van der Waals surface area contributed by atoms with Gasteiger partial charge >= 0.3 is 11.9 Å². The molecule has 0 radical (unpaired) electrons. The number of rotatable bonds is 11. The van der Waals surface area contributed by atoms with Gasteiger partial charge in [-0.3, -0.25) is 10.1 Å². The third-order valence-corrected chi connectivity index (χ3v) is 9.51.